The van der Waals surface area contributed by atoms with Gasteiger partial charge in [-0.3, -0.25) is 4.90 Å². The monoisotopic (exact) mass is 450 g/mol. The molecule has 2 aliphatic rings. The molecule has 2 aliphatic heterocycles. The average molecular weight is 450 g/mol. The van der Waals surface area contributed by atoms with E-state index < -0.39 is 23.9 Å². The largest absolute Gasteiger partial charge is 0.444 e. The van der Waals surface area contributed by atoms with Gasteiger partial charge in [-0.25, -0.2) is 14.8 Å². The summed E-state index contributed by atoms with van der Waals surface area (Å²) in [5, 5.41) is 9.49. The molecule has 0 bridgehead atoms. The molecule has 0 aliphatic carbocycles. The minimum Gasteiger partial charge on any atom is -0.444 e. The third kappa shape index (κ3) is 4.11. The number of carbonyl (C=O) groups is 1. The lowest BCUT2D eigenvalue weighted by Gasteiger charge is -2.40. The number of aromatic nitrogens is 2. The van der Waals surface area contributed by atoms with Crippen LogP contribution in [0, 0.1) is 6.92 Å². The summed E-state index contributed by atoms with van der Waals surface area (Å²) in [4.78, 5) is 24.0. The first-order valence-electron chi connectivity index (χ1n) is 10.6. The maximum atomic E-state index is 13.6. The molecule has 0 radical (unpaired) electrons. The molecule has 3 heterocycles. The second-order valence-corrected chi connectivity index (χ2v) is 8.24. The Bertz CT molecular complexity index is 1010. The van der Waals surface area contributed by atoms with Gasteiger partial charge in [0.1, 0.15) is 6.61 Å². The van der Waals surface area contributed by atoms with Crippen molar-refractivity contribution in [1.29, 1.82) is 0 Å². The molecule has 10 heteroatoms. The second-order valence-electron chi connectivity index (χ2n) is 8.24. The Morgan fingerprint density at radius 1 is 1.22 bits per heavy atom. The van der Waals surface area contributed by atoms with Crippen molar-refractivity contribution in [2.75, 3.05) is 29.5 Å². The summed E-state index contributed by atoms with van der Waals surface area (Å²) in [6.45, 7) is 3.67. The Morgan fingerprint density at radius 2 is 1.91 bits per heavy atom. The zero-order valence-electron chi connectivity index (χ0n) is 17.9. The number of para-hydroxylation sites is 1. The van der Waals surface area contributed by atoms with Crippen LogP contribution in [0.15, 0.2) is 24.3 Å². The lowest BCUT2D eigenvalue weighted by atomic mass is 10.0. The topological polar surface area (TPSA) is 78.8 Å². The number of hydrogen-bond acceptors (Lipinski definition) is 6. The highest BCUT2D eigenvalue weighted by atomic mass is 19.4. The first-order valence-corrected chi connectivity index (χ1v) is 10.6. The van der Waals surface area contributed by atoms with Crippen molar-refractivity contribution < 1.29 is 27.8 Å². The molecule has 1 fully saturated rings. The smallest absolute Gasteiger partial charge is 0.433 e. The summed E-state index contributed by atoms with van der Waals surface area (Å²) in [6, 6.07) is 7.40. The van der Waals surface area contributed by atoms with E-state index in [-0.39, 0.29) is 36.5 Å². The van der Waals surface area contributed by atoms with Gasteiger partial charge in [-0.2, -0.15) is 13.2 Å². The molecule has 2 aromatic rings. The Morgan fingerprint density at radius 3 is 2.56 bits per heavy atom. The van der Waals surface area contributed by atoms with Crippen LogP contribution in [-0.4, -0.2) is 46.9 Å². The molecule has 1 amide bonds. The fraction of sp³-hybridized carbons (Fsp3) is 0.500. The number of halogens is 3. The average Bonchev–Trinajstić information content (AvgIpc) is 2.78. The van der Waals surface area contributed by atoms with Crippen molar-refractivity contribution in [3.05, 3.63) is 46.8 Å². The van der Waals surface area contributed by atoms with E-state index in [2.05, 4.69) is 9.97 Å². The van der Waals surface area contributed by atoms with Gasteiger partial charge in [-0.1, -0.05) is 25.1 Å². The fourth-order valence-corrected chi connectivity index (χ4v) is 4.35. The van der Waals surface area contributed by atoms with Gasteiger partial charge in [-0.15, -0.1) is 0 Å². The molecule has 1 aromatic heterocycles. The van der Waals surface area contributed by atoms with Crippen molar-refractivity contribution >= 4 is 17.7 Å². The van der Waals surface area contributed by atoms with Gasteiger partial charge in [-0.05, 0) is 25.8 Å². The highest BCUT2D eigenvalue weighted by molar-refractivity contribution is 5.91. The first-order chi connectivity index (χ1) is 15.2. The number of ether oxygens (including phenoxy) is 1. The predicted molar refractivity (Wildman–Crippen MR) is 112 cm³/mol. The van der Waals surface area contributed by atoms with Crippen molar-refractivity contribution in [3.8, 4) is 0 Å². The number of fused-ring (bicyclic) bond motifs is 1. The van der Waals surface area contributed by atoms with Crippen LogP contribution in [0.1, 0.15) is 48.2 Å². The molecule has 1 unspecified atom stereocenters. The van der Waals surface area contributed by atoms with Crippen LogP contribution in [-0.2, 0) is 17.5 Å². The first kappa shape index (κ1) is 22.3. The maximum absolute atomic E-state index is 13.6. The van der Waals surface area contributed by atoms with Crippen LogP contribution in [0.25, 0.3) is 0 Å². The lowest BCUT2D eigenvalue weighted by molar-refractivity contribution is -0.141. The van der Waals surface area contributed by atoms with Crippen LogP contribution in [0.2, 0.25) is 0 Å². The lowest BCUT2D eigenvalue weighted by Crippen LogP contribution is -2.50. The second kappa shape index (κ2) is 8.57. The molecule has 172 valence electrons. The standard InChI is InChI=1S/C22H25F3N4O3/c1-13(11-30)18-14(2)19(22(23,24)25)27-20(26-18)28-9-7-16(8-10-28)29-17-6-4-3-5-15(17)12-32-21(29)31/h3-6,13,16,30H,7-12H2,1-2H3. The van der Waals surface area contributed by atoms with Crippen molar-refractivity contribution in [2.24, 2.45) is 0 Å². The number of nitrogens with zero attached hydrogens (tertiary/aromatic N) is 4. The van der Waals surface area contributed by atoms with Gasteiger partial charge < -0.3 is 14.7 Å². The summed E-state index contributed by atoms with van der Waals surface area (Å²) < 4.78 is 46.1. The molecular formula is C22H25F3N4O3. The number of aliphatic hydroxyl groups is 1. The summed E-state index contributed by atoms with van der Waals surface area (Å²) in [7, 11) is 0. The summed E-state index contributed by atoms with van der Waals surface area (Å²) in [5.41, 5.74) is 0.889. The highest BCUT2D eigenvalue weighted by Gasteiger charge is 2.39. The van der Waals surface area contributed by atoms with Crippen LogP contribution in [0.4, 0.5) is 29.6 Å². The van der Waals surface area contributed by atoms with E-state index in [1.165, 1.54) is 6.92 Å². The van der Waals surface area contributed by atoms with Gasteiger partial charge in [0.2, 0.25) is 5.95 Å². The Kier molecular flexibility index (Phi) is 5.98. The summed E-state index contributed by atoms with van der Waals surface area (Å²) in [5.74, 6) is -0.548. The molecular weight excluding hydrogens is 425 g/mol. The third-order valence-corrected chi connectivity index (χ3v) is 6.09. The number of rotatable bonds is 4. The molecule has 4 rings (SSSR count). The van der Waals surface area contributed by atoms with Gasteiger partial charge in [0, 0.05) is 36.2 Å². The Labute approximate surface area is 183 Å². The quantitative estimate of drug-likeness (QED) is 0.758. The molecule has 1 aromatic carbocycles. The number of cyclic esters (lactones) is 1. The van der Waals surface area contributed by atoms with Gasteiger partial charge in [0.15, 0.2) is 5.69 Å². The fourth-order valence-electron chi connectivity index (χ4n) is 4.35. The summed E-state index contributed by atoms with van der Waals surface area (Å²) >= 11 is 0. The van der Waals surface area contributed by atoms with E-state index in [0.29, 0.717) is 25.9 Å². The predicted octanol–water partition coefficient (Wildman–Crippen LogP) is 4.03. The van der Waals surface area contributed by atoms with E-state index in [1.807, 2.05) is 24.3 Å². The number of aliphatic hydroxyl groups excluding tert-OH is 1. The van der Waals surface area contributed by atoms with Crippen LogP contribution in [0.5, 0.6) is 0 Å². The number of piperidine rings is 1. The van der Waals surface area contributed by atoms with Gasteiger partial charge in [0.25, 0.3) is 0 Å². The van der Waals surface area contributed by atoms with Crippen molar-refractivity contribution in [2.45, 2.75) is 51.4 Å². The van der Waals surface area contributed by atoms with E-state index >= 15 is 0 Å². The number of anilines is 2. The van der Waals surface area contributed by atoms with Gasteiger partial charge in [0.05, 0.1) is 18.0 Å². The van der Waals surface area contributed by atoms with E-state index in [0.717, 1.165) is 11.3 Å². The number of hydrogen-bond donors (Lipinski definition) is 1. The molecule has 0 saturated carbocycles. The third-order valence-electron chi connectivity index (χ3n) is 6.09. The number of benzene rings is 1. The SMILES string of the molecule is Cc1c(C(C)CO)nc(N2CCC(N3C(=O)OCc4ccccc43)CC2)nc1C(F)(F)F. The van der Waals surface area contributed by atoms with E-state index in [9.17, 15) is 23.1 Å². The van der Waals surface area contributed by atoms with Crippen LogP contribution in [0.3, 0.4) is 0 Å². The highest BCUT2D eigenvalue weighted by Crippen LogP contribution is 2.36. The maximum Gasteiger partial charge on any atom is 0.433 e. The number of amides is 1. The minimum absolute atomic E-state index is 0.00158. The number of carbonyl (C=O) groups excluding carboxylic acids is 1. The van der Waals surface area contributed by atoms with Crippen LogP contribution >= 0.6 is 0 Å². The Hall–Kier alpha value is -2.88. The van der Waals surface area contributed by atoms with E-state index in [4.69, 9.17) is 4.74 Å². The molecule has 1 N–H and O–H groups in total. The minimum atomic E-state index is -4.62. The summed E-state index contributed by atoms with van der Waals surface area (Å²) in [6.07, 6.45) is -3.96. The van der Waals surface area contributed by atoms with Gasteiger partial charge >= 0.3 is 12.3 Å². The number of alkyl halides is 3. The molecule has 7 nitrogen and oxygen atoms in total. The molecule has 32 heavy (non-hydrogen) atoms. The molecule has 0 spiro atoms. The van der Waals surface area contributed by atoms with E-state index in [1.54, 1.807) is 16.7 Å². The zero-order valence-corrected chi connectivity index (χ0v) is 17.9. The molecule has 1 saturated heterocycles. The normalized spacial score (nSPS) is 18.4. The van der Waals surface area contributed by atoms with Crippen molar-refractivity contribution in [3.63, 3.8) is 0 Å². The molecule has 1 atom stereocenters. The zero-order chi connectivity index (χ0) is 23.0. The van der Waals surface area contributed by atoms with Crippen molar-refractivity contribution in [1.82, 2.24) is 9.97 Å². The van der Waals surface area contributed by atoms with Crippen LogP contribution < -0.4 is 9.80 Å². The Balaban J connectivity index is 1.58.